The molecular formula is C35H58GdN4O14. The summed E-state index contributed by atoms with van der Waals surface area (Å²) in [7, 11) is 0. The van der Waals surface area contributed by atoms with E-state index in [1.807, 2.05) is 13.8 Å². The Labute approximate surface area is 349 Å². The second-order valence-electron chi connectivity index (χ2n) is 12.2. The Morgan fingerprint density at radius 3 is 1.26 bits per heavy atom. The number of aliphatic carboxylic acids is 4. The van der Waals surface area contributed by atoms with Gasteiger partial charge in [-0.1, -0.05) is 0 Å². The minimum atomic E-state index is -1.11. The first-order valence-corrected chi connectivity index (χ1v) is 18.0. The Hall–Kier alpha value is -2.30. The zero-order valence-corrected chi connectivity index (χ0v) is 33.6. The van der Waals surface area contributed by atoms with Crippen LogP contribution in [0.25, 0.3) is 0 Å². The van der Waals surface area contributed by atoms with Gasteiger partial charge in [-0.3, -0.25) is 38.8 Å². The Kier molecular flexibility index (Phi) is 27.6. The molecule has 1 aromatic rings. The molecule has 1 heterocycles. The number of carboxylic acids is 4. The van der Waals surface area contributed by atoms with Gasteiger partial charge in [-0.15, -0.1) is 0 Å². The molecule has 0 aliphatic carbocycles. The van der Waals surface area contributed by atoms with Crippen LogP contribution >= 0.6 is 0 Å². The van der Waals surface area contributed by atoms with Gasteiger partial charge in [-0.2, -0.15) is 0 Å². The van der Waals surface area contributed by atoms with Crippen LogP contribution in [0.5, 0.6) is 11.5 Å². The van der Waals surface area contributed by atoms with Gasteiger partial charge in [-0.05, 0) is 38.0 Å². The summed E-state index contributed by atoms with van der Waals surface area (Å²) in [5.74, 6) is -3.40. The largest absolute Gasteiger partial charge is 0.491 e. The molecule has 0 aromatic heterocycles. The van der Waals surface area contributed by atoms with Crippen LogP contribution in [0.15, 0.2) is 18.2 Å². The van der Waals surface area contributed by atoms with Gasteiger partial charge in [0.15, 0.2) is 0 Å². The van der Waals surface area contributed by atoms with Gasteiger partial charge in [0.25, 0.3) is 0 Å². The summed E-state index contributed by atoms with van der Waals surface area (Å²) in [6.45, 7) is 8.47. The van der Waals surface area contributed by atoms with Gasteiger partial charge >= 0.3 is 23.9 Å². The molecule has 0 bridgehead atoms. The van der Waals surface area contributed by atoms with Crippen molar-refractivity contribution in [1.29, 1.82) is 0 Å². The molecule has 1 aliphatic heterocycles. The van der Waals surface area contributed by atoms with E-state index in [2.05, 4.69) is 0 Å². The third-order valence-electron chi connectivity index (χ3n) is 8.19. The number of carbonyl (C=O) groups is 4. The quantitative estimate of drug-likeness (QED) is 0.0902. The van der Waals surface area contributed by atoms with Crippen molar-refractivity contribution in [2.75, 3.05) is 138 Å². The summed E-state index contributed by atoms with van der Waals surface area (Å²) in [4.78, 5) is 54.5. The normalized spacial score (nSPS) is 16.0. The number of ether oxygens (including phenoxy) is 6. The summed E-state index contributed by atoms with van der Waals surface area (Å²) in [6.07, 6.45) is 0.0306. The summed E-state index contributed by atoms with van der Waals surface area (Å²) in [5.41, 5.74) is 0.611. The van der Waals surface area contributed by atoms with Crippen molar-refractivity contribution < 1.29 is 108 Å². The molecule has 1 unspecified atom stereocenters. The van der Waals surface area contributed by atoms with Gasteiger partial charge in [0, 0.05) is 112 Å². The predicted octanol–water partition coefficient (Wildman–Crippen LogP) is 0.0215. The van der Waals surface area contributed by atoms with E-state index in [9.17, 15) is 39.6 Å². The number of hydrogen-bond donors (Lipinski definition) is 4. The standard InChI is InChI=1S/C35H58N4O14.Gd/c1-3-48-13-15-50-17-19-52-29-21-28(22-30(24-29)53-20-18-51-16-14-49-4-2)23-31(35(46)47)39-11-9-37(26-33(42)43)7-5-36(25-32(40)41)6-8-38(10-12-39)27-34(44)45;/h21-22,24,31H,3-20,23,25-27H2,1-2H3,(H,40,41)(H,42,43)(H,44,45)(H,46,47);. The second kappa shape index (κ2) is 29.9. The molecule has 0 spiro atoms. The van der Waals surface area contributed by atoms with E-state index in [-0.39, 0.29) is 132 Å². The molecule has 1 aromatic carbocycles. The van der Waals surface area contributed by atoms with Crippen LogP contribution in [-0.4, -0.2) is 208 Å². The Bertz CT molecular complexity index is 1160. The number of nitrogens with zero attached hydrogens (tertiary/aromatic N) is 4. The van der Waals surface area contributed by atoms with Crippen molar-refractivity contribution >= 4 is 23.9 Å². The number of rotatable bonds is 26. The van der Waals surface area contributed by atoms with Crippen molar-refractivity contribution in [2.45, 2.75) is 26.3 Å². The minimum Gasteiger partial charge on any atom is -0.491 e. The number of carboxylic acid groups (broad SMARTS) is 4. The van der Waals surface area contributed by atoms with E-state index in [4.69, 9.17) is 28.4 Å². The van der Waals surface area contributed by atoms with E-state index in [1.165, 1.54) is 0 Å². The first-order chi connectivity index (χ1) is 25.5. The average molecular weight is 916 g/mol. The first kappa shape index (κ1) is 49.7. The van der Waals surface area contributed by atoms with E-state index >= 15 is 0 Å². The molecule has 1 saturated heterocycles. The van der Waals surface area contributed by atoms with Gasteiger partial charge in [0.05, 0.1) is 59.3 Å². The molecule has 4 N–H and O–H groups in total. The summed E-state index contributed by atoms with van der Waals surface area (Å²) >= 11 is 0. The Balaban J connectivity index is 0.0000146. The Morgan fingerprint density at radius 2 is 0.907 bits per heavy atom. The van der Waals surface area contributed by atoms with E-state index in [1.54, 1.807) is 37.8 Å². The predicted molar refractivity (Wildman–Crippen MR) is 191 cm³/mol. The molecule has 54 heavy (non-hydrogen) atoms. The van der Waals surface area contributed by atoms with Crippen LogP contribution < -0.4 is 9.47 Å². The van der Waals surface area contributed by atoms with E-state index < -0.39 is 29.9 Å². The average Bonchev–Trinajstić information content (AvgIpc) is 3.09. The molecule has 0 radical (unpaired) electrons. The Morgan fingerprint density at radius 1 is 0.556 bits per heavy atom. The molecule has 2 rings (SSSR count). The van der Waals surface area contributed by atoms with Gasteiger partial charge in [0.1, 0.15) is 30.8 Å². The molecule has 18 nitrogen and oxygen atoms in total. The van der Waals surface area contributed by atoms with E-state index in [0.29, 0.717) is 69.9 Å². The van der Waals surface area contributed by atoms with Crippen LogP contribution in [-0.2, 0) is 44.5 Å². The number of benzene rings is 1. The summed E-state index contributed by atoms with van der Waals surface area (Å²) < 4.78 is 33.6. The molecule has 19 heteroatoms. The summed E-state index contributed by atoms with van der Waals surface area (Å²) in [6, 6.07) is 4.11. The second-order valence-corrected chi connectivity index (χ2v) is 12.2. The zero-order chi connectivity index (χ0) is 38.8. The molecule has 1 aliphatic rings. The third-order valence-corrected chi connectivity index (χ3v) is 8.19. The molecule has 1 fully saturated rings. The van der Waals surface area contributed by atoms with Crippen molar-refractivity contribution in [3.8, 4) is 11.5 Å². The fourth-order valence-corrected chi connectivity index (χ4v) is 5.59. The zero-order valence-electron chi connectivity index (χ0n) is 31.4. The summed E-state index contributed by atoms with van der Waals surface area (Å²) in [5, 5.41) is 39.1. The van der Waals surface area contributed by atoms with Crippen molar-refractivity contribution in [2.24, 2.45) is 0 Å². The third kappa shape index (κ3) is 22.9. The minimum absolute atomic E-state index is 0. The van der Waals surface area contributed by atoms with Crippen molar-refractivity contribution in [1.82, 2.24) is 19.6 Å². The van der Waals surface area contributed by atoms with Gasteiger partial charge in [0.2, 0.25) is 0 Å². The number of hydrogen-bond acceptors (Lipinski definition) is 14. The smallest absolute Gasteiger partial charge is 0.321 e. The SMILES string of the molecule is CCOCCOCCOc1cc(CC(C(=O)O)N2CCN(CC(=O)O)CCN(CC(=O)O)CCN(CC(=O)O)CC2)cc(OCCOCCOCC)c1.[Gd]. The van der Waals surface area contributed by atoms with Crippen LogP contribution in [0, 0.1) is 39.9 Å². The molecular weight excluding hydrogens is 858 g/mol. The van der Waals surface area contributed by atoms with Crippen LogP contribution in [0.3, 0.4) is 0 Å². The maximum absolute atomic E-state index is 12.9. The van der Waals surface area contributed by atoms with Crippen molar-refractivity contribution in [3.05, 3.63) is 23.8 Å². The van der Waals surface area contributed by atoms with Crippen LogP contribution in [0.4, 0.5) is 0 Å². The first-order valence-electron chi connectivity index (χ1n) is 18.0. The monoisotopic (exact) mass is 916 g/mol. The molecule has 310 valence electrons. The van der Waals surface area contributed by atoms with Crippen molar-refractivity contribution in [3.63, 3.8) is 0 Å². The maximum atomic E-state index is 12.9. The van der Waals surface area contributed by atoms with Crippen LogP contribution in [0.2, 0.25) is 0 Å². The molecule has 0 saturated carbocycles. The van der Waals surface area contributed by atoms with Crippen LogP contribution in [0.1, 0.15) is 19.4 Å². The van der Waals surface area contributed by atoms with E-state index in [0.717, 1.165) is 0 Å². The molecule has 1 atom stereocenters. The van der Waals surface area contributed by atoms with Gasteiger partial charge in [-0.25, -0.2) is 0 Å². The fraction of sp³-hybridized carbons (Fsp3) is 0.714. The maximum Gasteiger partial charge on any atom is 0.321 e. The topological polar surface area (TPSA) is 218 Å². The fourth-order valence-electron chi connectivity index (χ4n) is 5.59. The van der Waals surface area contributed by atoms with Gasteiger partial charge < -0.3 is 48.8 Å². The molecule has 0 amide bonds.